The summed E-state index contributed by atoms with van der Waals surface area (Å²) in [5, 5.41) is 0. The summed E-state index contributed by atoms with van der Waals surface area (Å²) in [4.78, 5) is 13.7. The molecule has 1 aliphatic rings. The summed E-state index contributed by atoms with van der Waals surface area (Å²) in [6.07, 6.45) is 5.92. The molecular weight excluding hydrogens is 224 g/mol. The summed E-state index contributed by atoms with van der Waals surface area (Å²) in [5.41, 5.74) is 5.46. The van der Waals surface area contributed by atoms with Crippen LogP contribution in [-0.4, -0.2) is 29.9 Å². The SMILES string of the molecule is CC(C)CC1CCCCCN1C(=O)CN.Cl. The molecule has 0 spiro atoms. The Morgan fingerprint density at radius 1 is 1.38 bits per heavy atom. The lowest BCUT2D eigenvalue weighted by Crippen LogP contribution is -2.43. The summed E-state index contributed by atoms with van der Waals surface area (Å²) in [6, 6.07) is 0.434. The molecule has 3 nitrogen and oxygen atoms in total. The van der Waals surface area contributed by atoms with Crippen LogP contribution >= 0.6 is 12.4 Å². The van der Waals surface area contributed by atoms with E-state index in [1.165, 1.54) is 12.8 Å². The molecule has 96 valence electrons. The number of halogens is 1. The highest BCUT2D eigenvalue weighted by molar-refractivity contribution is 5.85. The predicted molar refractivity (Wildman–Crippen MR) is 69.7 cm³/mol. The first-order chi connectivity index (χ1) is 7.15. The van der Waals surface area contributed by atoms with Gasteiger partial charge in [-0.15, -0.1) is 12.4 Å². The summed E-state index contributed by atoms with van der Waals surface area (Å²) in [5.74, 6) is 0.781. The van der Waals surface area contributed by atoms with Crippen molar-refractivity contribution in [1.29, 1.82) is 0 Å². The van der Waals surface area contributed by atoms with Gasteiger partial charge in [-0.3, -0.25) is 4.79 Å². The Kier molecular flexibility index (Phi) is 7.77. The average Bonchev–Trinajstić information content (AvgIpc) is 2.41. The molecule has 1 aliphatic heterocycles. The van der Waals surface area contributed by atoms with Gasteiger partial charge in [-0.2, -0.15) is 0 Å². The summed E-state index contributed by atoms with van der Waals surface area (Å²) in [6.45, 7) is 5.51. The van der Waals surface area contributed by atoms with Crippen LogP contribution in [0.3, 0.4) is 0 Å². The van der Waals surface area contributed by atoms with Gasteiger partial charge in [0, 0.05) is 12.6 Å². The number of hydrogen-bond donors (Lipinski definition) is 1. The van der Waals surface area contributed by atoms with Crippen LogP contribution in [0.1, 0.15) is 46.0 Å². The Labute approximate surface area is 105 Å². The van der Waals surface area contributed by atoms with Crippen molar-refractivity contribution < 1.29 is 4.79 Å². The van der Waals surface area contributed by atoms with E-state index in [4.69, 9.17) is 5.73 Å². The van der Waals surface area contributed by atoms with Crippen molar-refractivity contribution in [3.05, 3.63) is 0 Å². The largest absolute Gasteiger partial charge is 0.339 e. The second-order valence-corrected chi connectivity index (χ2v) is 4.92. The van der Waals surface area contributed by atoms with Gasteiger partial charge in [0.15, 0.2) is 0 Å². The van der Waals surface area contributed by atoms with Crippen LogP contribution in [0.15, 0.2) is 0 Å². The molecule has 4 heteroatoms. The number of likely N-dealkylation sites (tertiary alicyclic amines) is 1. The van der Waals surface area contributed by atoms with Gasteiger partial charge in [-0.1, -0.05) is 26.7 Å². The minimum Gasteiger partial charge on any atom is -0.339 e. The minimum absolute atomic E-state index is 0. The van der Waals surface area contributed by atoms with Crippen molar-refractivity contribution in [3.8, 4) is 0 Å². The van der Waals surface area contributed by atoms with Gasteiger partial charge >= 0.3 is 0 Å². The fourth-order valence-corrected chi connectivity index (χ4v) is 2.41. The number of carbonyl (C=O) groups excluding carboxylic acids is 1. The maximum absolute atomic E-state index is 11.7. The van der Waals surface area contributed by atoms with E-state index in [1.54, 1.807) is 0 Å². The Morgan fingerprint density at radius 2 is 2.06 bits per heavy atom. The van der Waals surface area contributed by atoms with Crippen molar-refractivity contribution in [3.63, 3.8) is 0 Å². The first-order valence-electron chi connectivity index (χ1n) is 6.14. The topological polar surface area (TPSA) is 46.3 Å². The highest BCUT2D eigenvalue weighted by atomic mass is 35.5. The monoisotopic (exact) mass is 248 g/mol. The number of hydrogen-bond acceptors (Lipinski definition) is 2. The van der Waals surface area contributed by atoms with Crippen LogP contribution in [0.5, 0.6) is 0 Å². The van der Waals surface area contributed by atoms with Gasteiger partial charge < -0.3 is 10.6 Å². The lowest BCUT2D eigenvalue weighted by molar-refractivity contribution is -0.132. The van der Waals surface area contributed by atoms with Gasteiger partial charge in [0.05, 0.1) is 6.54 Å². The molecule has 2 N–H and O–H groups in total. The Morgan fingerprint density at radius 3 is 2.62 bits per heavy atom. The summed E-state index contributed by atoms with van der Waals surface area (Å²) in [7, 11) is 0. The van der Waals surface area contributed by atoms with Crippen molar-refractivity contribution in [2.75, 3.05) is 13.1 Å². The number of nitrogens with two attached hydrogens (primary N) is 1. The third-order valence-corrected chi connectivity index (χ3v) is 3.12. The number of rotatable bonds is 3. The standard InChI is InChI=1S/C12H24N2O.ClH/c1-10(2)8-11-6-4-3-5-7-14(11)12(15)9-13;/h10-11H,3-9,13H2,1-2H3;1H. The van der Waals surface area contributed by atoms with Gasteiger partial charge in [0.25, 0.3) is 0 Å². The first-order valence-corrected chi connectivity index (χ1v) is 6.14. The molecule has 0 bridgehead atoms. The van der Waals surface area contributed by atoms with Gasteiger partial charge in [0.2, 0.25) is 5.91 Å². The van der Waals surface area contributed by atoms with Crippen LogP contribution in [0.25, 0.3) is 0 Å². The third kappa shape index (κ3) is 4.71. The van der Waals surface area contributed by atoms with Crippen molar-refractivity contribution in [2.45, 2.75) is 52.0 Å². The average molecular weight is 249 g/mol. The maximum atomic E-state index is 11.7. The van der Waals surface area contributed by atoms with Crippen molar-refractivity contribution in [1.82, 2.24) is 4.90 Å². The molecule has 1 saturated heterocycles. The third-order valence-electron chi connectivity index (χ3n) is 3.12. The molecule has 1 fully saturated rings. The molecule has 0 aromatic carbocycles. The molecule has 0 aliphatic carbocycles. The van der Waals surface area contributed by atoms with E-state index in [9.17, 15) is 4.79 Å². The van der Waals surface area contributed by atoms with E-state index < -0.39 is 0 Å². The normalized spacial score (nSPS) is 21.5. The van der Waals surface area contributed by atoms with Crippen LogP contribution in [0, 0.1) is 5.92 Å². The van der Waals surface area contributed by atoms with Gasteiger partial charge in [-0.25, -0.2) is 0 Å². The predicted octanol–water partition coefficient (Wildman–Crippen LogP) is 2.18. The minimum atomic E-state index is 0. The fraction of sp³-hybridized carbons (Fsp3) is 0.917. The molecule has 1 atom stereocenters. The molecular formula is C12H25ClN2O. The molecule has 16 heavy (non-hydrogen) atoms. The van der Waals surface area contributed by atoms with E-state index in [0.717, 1.165) is 25.8 Å². The quantitative estimate of drug-likeness (QED) is 0.832. The first kappa shape index (κ1) is 15.7. The second kappa shape index (κ2) is 7.91. The van der Waals surface area contributed by atoms with E-state index in [-0.39, 0.29) is 24.9 Å². The zero-order valence-electron chi connectivity index (χ0n) is 10.4. The van der Waals surface area contributed by atoms with E-state index in [1.807, 2.05) is 4.90 Å². The maximum Gasteiger partial charge on any atom is 0.236 e. The molecule has 0 radical (unpaired) electrons. The molecule has 1 amide bonds. The van der Waals surface area contributed by atoms with Crippen molar-refractivity contribution in [2.24, 2.45) is 11.7 Å². The van der Waals surface area contributed by atoms with Crippen LogP contribution in [-0.2, 0) is 4.79 Å². The second-order valence-electron chi connectivity index (χ2n) is 4.92. The molecule has 1 rings (SSSR count). The number of amides is 1. The smallest absolute Gasteiger partial charge is 0.236 e. The summed E-state index contributed by atoms with van der Waals surface area (Å²) < 4.78 is 0. The molecule has 1 heterocycles. The van der Waals surface area contributed by atoms with Gasteiger partial charge in [0.1, 0.15) is 0 Å². The van der Waals surface area contributed by atoms with E-state index in [2.05, 4.69) is 13.8 Å². The van der Waals surface area contributed by atoms with E-state index in [0.29, 0.717) is 12.0 Å². The van der Waals surface area contributed by atoms with Crippen LogP contribution in [0.2, 0.25) is 0 Å². The zero-order chi connectivity index (χ0) is 11.3. The number of nitrogens with zero attached hydrogens (tertiary/aromatic N) is 1. The lowest BCUT2D eigenvalue weighted by atomic mass is 9.99. The fourth-order valence-electron chi connectivity index (χ4n) is 2.41. The Balaban J connectivity index is 0.00000225. The highest BCUT2D eigenvalue weighted by Gasteiger charge is 2.24. The van der Waals surface area contributed by atoms with Gasteiger partial charge in [-0.05, 0) is 25.2 Å². The zero-order valence-corrected chi connectivity index (χ0v) is 11.3. The lowest BCUT2D eigenvalue weighted by Gasteiger charge is -2.31. The molecule has 0 saturated carbocycles. The van der Waals surface area contributed by atoms with E-state index >= 15 is 0 Å². The molecule has 0 aromatic heterocycles. The Hall–Kier alpha value is -0.280. The molecule has 1 unspecified atom stereocenters. The van der Waals surface area contributed by atoms with Crippen LogP contribution in [0.4, 0.5) is 0 Å². The van der Waals surface area contributed by atoms with Crippen molar-refractivity contribution >= 4 is 18.3 Å². The highest BCUT2D eigenvalue weighted by Crippen LogP contribution is 2.22. The summed E-state index contributed by atoms with van der Waals surface area (Å²) >= 11 is 0. The molecule has 0 aromatic rings. The Bertz CT molecular complexity index is 209. The van der Waals surface area contributed by atoms with Crippen LogP contribution < -0.4 is 5.73 Å². The number of carbonyl (C=O) groups is 1.